The van der Waals surface area contributed by atoms with Gasteiger partial charge in [-0.3, -0.25) is 4.98 Å². The van der Waals surface area contributed by atoms with Crippen molar-refractivity contribution in [3.63, 3.8) is 0 Å². The quantitative estimate of drug-likeness (QED) is 0.261. The number of aromatic nitrogens is 1. The molecule has 1 fully saturated rings. The second kappa shape index (κ2) is 11.8. The molecule has 2 aromatic carbocycles. The molecule has 1 aromatic heterocycles. The van der Waals surface area contributed by atoms with Gasteiger partial charge in [-0.15, -0.1) is 0 Å². The van der Waals surface area contributed by atoms with E-state index in [0.29, 0.717) is 23.6 Å². The maximum absolute atomic E-state index is 13.8. The number of nitrogens with one attached hydrogen (secondary N) is 2. The van der Waals surface area contributed by atoms with Gasteiger partial charge in [0.05, 0.1) is 22.9 Å². The number of halogens is 5. The SMILES string of the molecule is O=C(NC1(CO)CCCC1)NC(Cc1ccccc1)(c1cccc(OC(F)(F)C(F)F)c1)c1ccc(Cl)cn1. The van der Waals surface area contributed by atoms with Gasteiger partial charge in [0.25, 0.3) is 0 Å². The third-order valence-electron chi connectivity index (χ3n) is 6.88. The molecule has 0 bridgehead atoms. The van der Waals surface area contributed by atoms with Gasteiger partial charge in [-0.05, 0) is 48.2 Å². The number of hydrogen-bond donors (Lipinski definition) is 3. The Morgan fingerprint density at radius 2 is 1.79 bits per heavy atom. The van der Waals surface area contributed by atoms with Crippen LogP contribution in [-0.4, -0.2) is 40.8 Å². The van der Waals surface area contributed by atoms with Gasteiger partial charge in [-0.2, -0.15) is 17.6 Å². The zero-order valence-electron chi connectivity index (χ0n) is 20.8. The molecule has 4 rings (SSSR count). The molecule has 1 aliphatic carbocycles. The number of rotatable bonds is 10. The molecule has 1 heterocycles. The molecule has 0 spiro atoms. The molecule has 1 aliphatic rings. The predicted molar refractivity (Wildman–Crippen MR) is 138 cm³/mol. The first-order valence-electron chi connectivity index (χ1n) is 12.4. The molecule has 0 aliphatic heterocycles. The van der Waals surface area contributed by atoms with E-state index in [0.717, 1.165) is 24.5 Å². The van der Waals surface area contributed by atoms with Crippen molar-refractivity contribution in [3.8, 4) is 5.75 Å². The lowest BCUT2D eigenvalue weighted by Crippen LogP contribution is -2.58. The average molecular weight is 566 g/mol. The Morgan fingerprint density at radius 1 is 1.08 bits per heavy atom. The summed E-state index contributed by atoms with van der Waals surface area (Å²) < 4.78 is 57.7. The molecule has 1 unspecified atom stereocenters. The highest BCUT2D eigenvalue weighted by atomic mass is 35.5. The molecule has 1 atom stereocenters. The molecule has 3 N–H and O–H groups in total. The molecule has 2 amide bonds. The van der Waals surface area contributed by atoms with E-state index in [-0.39, 0.29) is 18.6 Å². The van der Waals surface area contributed by atoms with Gasteiger partial charge < -0.3 is 20.5 Å². The van der Waals surface area contributed by atoms with E-state index in [2.05, 4.69) is 20.4 Å². The van der Waals surface area contributed by atoms with Crippen LogP contribution in [0.4, 0.5) is 22.4 Å². The fourth-order valence-electron chi connectivity index (χ4n) is 4.92. The molecular weight excluding hydrogens is 538 g/mol. The smallest absolute Gasteiger partial charge is 0.428 e. The highest BCUT2D eigenvalue weighted by Gasteiger charge is 2.45. The van der Waals surface area contributed by atoms with E-state index in [1.165, 1.54) is 18.3 Å². The Kier molecular flexibility index (Phi) is 8.66. The van der Waals surface area contributed by atoms with Crippen LogP contribution in [0.1, 0.15) is 42.5 Å². The Labute approximate surface area is 228 Å². The summed E-state index contributed by atoms with van der Waals surface area (Å²) in [7, 11) is 0. The maximum atomic E-state index is 13.8. The standard InChI is InChI=1S/C28H28ClF4N3O3/c29-21-11-12-23(34-17-21)27(16-19-7-2-1-3-8-19,36-25(38)35-26(18-37)13-4-5-14-26)20-9-6-10-22(15-20)39-28(32,33)24(30)31/h1-3,6-12,15,17,24,37H,4-5,13-14,16,18H2,(H2,35,36,38). The number of pyridine rings is 1. The lowest BCUT2D eigenvalue weighted by Gasteiger charge is -2.37. The average Bonchev–Trinajstić information content (AvgIpc) is 3.38. The van der Waals surface area contributed by atoms with E-state index in [1.807, 2.05) is 18.2 Å². The van der Waals surface area contributed by atoms with Crippen molar-refractivity contribution in [2.24, 2.45) is 0 Å². The number of aliphatic hydroxyl groups is 1. The van der Waals surface area contributed by atoms with Crippen LogP contribution in [-0.2, 0) is 12.0 Å². The summed E-state index contributed by atoms with van der Waals surface area (Å²) in [6.07, 6.45) is -4.41. The van der Waals surface area contributed by atoms with Crippen molar-refractivity contribution in [2.75, 3.05) is 6.61 Å². The summed E-state index contributed by atoms with van der Waals surface area (Å²) >= 11 is 6.09. The Bertz CT molecular complexity index is 1260. The van der Waals surface area contributed by atoms with Crippen LogP contribution in [0.2, 0.25) is 5.02 Å². The first-order valence-corrected chi connectivity index (χ1v) is 12.8. The van der Waals surface area contributed by atoms with Crippen molar-refractivity contribution in [1.29, 1.82) is 0 Å². The number of hydrogen-bond acceptors (Lipinski definition) is 4. The minimum atomic E-state index is -4.72. The van der Waals surface area contributed by atoms with Gasteiger partial charge in [0.15, 0.2) is 0 Å². The topological polar surface area (TPSA) is 83.5 Å². The summed E-state index contributed by atoms with van der Waals surface area (Å²) in [6, 6.07) is 16.8. The van der Waals surface area contributed by atoms with Gasteiger partial charge in [0.1, 0.15) is 11.3 Å². The molecule has 39 heavy (non-hydrogen) atoms. The zero-order valence-corrected chi connectivity index (χ0v) is 21.6. The van der Waals surface area contributed by atoms with Gasteiger partial charge in [-0.1, -0.05) is 66.9 Å². The lowest BCUT2D eigenvalue weighted by molar-refractivity contribution is -0.253. The first kappa shape index (κ1) is 28.6. The highest BCUT2D eigenvalue weighted by Crippen LogP contribution is 2.37. The van der Waals surface area contributed by atoms with Gasteiger partial charge in [-0.25, -0.2) is 4.79 Å². The van der Waals surface area contributed by atoms with E-state index >= 15 is 0 Å². The number of ether oxygens (including phenoxy) is 1. The van der Waals surface area contributed by atoms with Crippen LogP contribution >= 0.6 is 11.6 Å². The number of aliphatic hydroxyl groups excluding tert-OH is 1. The number of carbonyl (C=O) groups is 1. The third kappa shape index (κ3) is 6.62. The highest BCUT2D eigenvalue weighted by molar-refractivity contribution is 6.30. The minimum Gasteiger partial charge on any atom is -0.428 e. The van der Waals surface area contributed by atoms with E-state index in [9.17, 15) is 27.5 Å². The zero-order chi connectivity index (χ0) is 28.1. The molecular formula is C28H28ClF4N3O3. The van der Waals surface area contributed by atoms with Crippen molar-refractivity contribution in [1.82, 2.24) is 15.6 Å². The third-order valence-corrected chi connectivity index (χ3v) is 7.10. The second-order valence-electron chi connectivity index (χ2n) is 9.65. The molecule has 0 saturated heterocycles. The summed E-state index contributed by atoms with van der Waals surface area (Å²) in [6.45, 7) is -0.253. The largest absolute Gasteiger partial charge is 0.461 e. The van der Waals surface area contributed by atoms with Gasteiger partial charge in [0, 0.05) is 12.6 Å². The fraction of sp³-hybridized carbons (Fsp3) is 0.357. The van der Waals surface area contributed by atoms with Gasteiger partial charge >= 0.3 is 18.6 Å². The molecule has 1 saturated carbocycles. The van der Waals surface area contributed by atoms with Crippen LogP contribution in [0, 0.1) is 0 Å². The van der Waals surface area contributed by atoms with E-state index in [4.69, 9.17) is 11.6 Å². The normalized spacial score (nSPS) is 16.5. The van der Waals surface area contributed by atoms with Crippen LogP contribution in [0.25, 0.3) is 0 Å². The number of carbonyl (C=O) groups excluding carboxylic acids is 1. The summed E-state index contributed by atoms with van der Waals surface area (Å²) in [5.74, 6) is -0.519. The molecule has 3 aromatic rings. The van der Waals surface area contributed by atoms with E-state index in [1.54, 1.807) is 30.3 Å². The number of nitrogens with zero attached hydrogens (tertiary/aromatic N) is 1. The van der Waals surface area contributed by atoms with E-state index < -0.39 is 35.4 Å². The second-order valence-corrected chi connectivity index (χ2v) is 10.1. The fourth-order valence-corrected chi connectivity index (χ4v) is 5.03. The van der Waals surface area contributed by atoms with Crippen LogP contribution < -0.4 is 15.4 Å². The molecule has 11 heteroatoms. The Balaban J connectivity index is 1.83. The van der Waals surface area contributed by atoms with Crippen LogP contribution in [0.15, 0.2) is 72.9 Å². The monoisotopic (exact) mass is 565 g/mol. The summed E-state index contributed by atoms with van der Waals surface area (Å²) in [5, 5.41) is 16.2. The molecule has 6 nitrogen and oxygen atoms in total. The van der Waals surface area contributed by atoms with Crippen LogP contribution in [0.3, 0.4) is 0 Å². The van der Waals surface area contributed by atoms with Crippen molar-refractivity contribution < 1.29 is 32.2 Å². The maximum Gasteiger partial charge on any atom is 0.461 e. The minimum absolute atomic E-state index is 0.108. The molecule has 208 valence electrons. The van der Waals surface area contributed by atoms with Gasteiger partial charge in [0.2, 0.25) is 0 Å². The number of benzene rings is 2. The Morgan fingerprint density at radius 3 is 2.41 bits per heavy atom. The van der Waals surface area contributed by atoms with Crippen molar-refractivity contribution >= 4 is 17.6 Å². The van der Waals surface area contributed by atoms with Crippen molar-refractivity contribution in [3.05, 3.63) is 94.8 Å². The number of alkyl halides is 4. The molecule has 0 radical (unpaired) electrons. The van der Waals surface area contributed by atoms with Crippen molar-refractivity contribution in [2.45, 2.75) is 55.7 Å². The van der Waals surface area contributed by atoms with Crippen LogP contribution in [0.5, 0.6) is 5.75 Å². The summed E-state index contributed by atoms with van der Waals surface area (Å²) in [5.41, 5.74) is -0.960. The number of urea groups is 1. The summed E-state index contributed by atoms with van der Waals surface area (Å²) in [4.78, 5) is 18.0. The Hall–Kier alpha value is -3.37. The lowest BCUT2D eigenvalue weighted by atomic mass is 9.80. The first-order chi connectivity index (χ1) is 18.6. The predicted octanol–water partition coefficient (Wildman–Crippen LogP) is 6.06. The number of amides is 2.